The number of carbonyl (C=O) groups is 1. The Morgan fingerprint density at radius 3 is 2.82 bits per heavy atom. The summed E-state index contributed by atoms with van der Waals surface area (Å²) >= 11 is 0. The number of carbonyl (C=O) groups excluding carboxylic acids is 1. The number of phenolic OH excluding ortho intramolecular Hbond substituents is 1. The Balaban J connectivity index is 1.93. The van der Waals surface area contributed by atoms with Gasteiger partial charge in [-0.05, 0) is 37.5 Å². The minimum atomic E-state index is -0.177. The van der Waals surface area contributed by atoms with Gasteiger partial charge in [-0.3, -0.25) is 4.79 Å². The summed E-state index contributed by atoms with van der Waals surface area (Å²) in [5.74, 6) is -0.0769. The summed E-state index contributed by atoms with van der Waals surface area (Å²) in [6.45, 7) is 0.526. The van der Waals surface area contributed by atoms with Gasteiger partial charge in [0.05, 0.1) is 5.60 Å². The van der Waals surface area contributed by atoms with Crippen molar-refractivity contribution in [2.45, 2.75) is 24.9 Å². The monoisotopic (exact) mass is 235 g/mol. The van der Waals surface area contributed by atoms with E-state index in [9.17, 15) is 9.90 Å². The molecule has 0 unspecified atom stereocenters. The number of phenols is 1. The van der Waals surface area contributed by atoms with Crippen LogP contribution in [0.1, 0.15) is 29.6 Å². The van der Waals surface area contributed by atoms with Gasteiger partial charge in [0, 0.05) is 19.2 Å². The van der Waals surface area contributed by atoms with Crippen molar-refractivity contribution in [3.63, 3.8) is 0 Å². The molecule has 1 saturated carbocycles. The van der Waals surface area contributed by atoms with E-state index < -0.39 is 0 Å². The van der Waals surface area contributed by atoms with E-state index in [1.807, 2.05) is 0 Å². The van der Waals surface area contributed by atoms with Crippen molar-refractivity contribution in [1.29, 1.82) is 0 Å². The molecule has 0 aliphatic heterocycles. The molecule has 17 heavy (non-hydrogen) atoms. The standard InChI is InChI=1S/C13H17NO3/c1-17-13(6-3-7-13)9-14-12(16)10-4-2-5-11(15)8-10/h2,4-5,8,15H,3,6-7,9H2,1H3,(H,14,16). The molecule has 1 aromatic rings. The fourth-order valence-electron chi connectivity index (χ4n) is 2.01. The first-order valence-electron chi connectivity index (χ1n) is 5.78. The number of rotatable bonds is 4. The quantitative estimate of drug-likeness (QED) is 0.835. The number of hydrogen-bond acceptors (Lipinski definition) is 3. The molecule has 1 fully saturated rings. The number of nitrogens with one attached hydrogen (secondary N) is 1. The lowest BCUT2D eigenvalue weighted by Gasteiger charge is -2.40. The molecule has 92 valence electrons. The Kier molecular flexibility index (Phi) is 3.33. The van der Waals surface area contributed by atoms with Crippen molar-refractivity contribution >= 4 is 5.91 Å². The normalized spacial score (nSPS) is 17.2. The molecule has 0 bridgehead atoms. The maximum Gasteiger partial charge on any atom is 0.251 e. The smallest absolute Gasteiger partial charge is 0.251 e. The van der Waals surface area contributed by atoms with Crippen molar-refractivity contribution in [2.24, 2.45) is 0 Å². The van der Waals surface area contributed by atoms with Crippen LogP contribution in [-0.4, -0.2) is 30.3 Å². The zero-order valence-electron chi connectivity index (χ0n) is 9.90. The van der Waals surface area contributed by atoms with E-state index in [2.05, 4.69) is 5.32 Å². The molecule has 2 rings (SSSR count). The van der Waals surface area contributed by atoms with Crippen molar-refractivity contribution < 1.29 is 14.6 Å². The zero-order chi connectivity index (χ0) is 12.3. The van der Waals surface area contributed by atoms with E-state index in [0.29, 0.717) is 12.1 Å². The van der Waals surface area contributed by atoms with Gasteiger partial charge in [0.2, 0.25) is 0 Å². The summed E-state index contributed by atoms with van der Waals surface area (Å²) in [6, 6.07) is 6.32. The maximum absolute atomic E-state index is 11.8. The molecule has 1 amide bonds. The lowest BCUT2D eigenvalue weighted by atomic mass is 9.80. The molecule has 4 nitrogen and oxygen atoms in total. The van der Waals surface area contributed by atoms with E-state index in [0.717, 1.165) is 19.3 Å². The van der Waals surface area contributed by atoms with E-state index in [1.165, 1.54) is 6.07 Å². The summed E-state index contributed by atoms with van der Waals surface area (Å²) in [5.41, 5.74) is 0.294. The Morgan fingerprint density at radius 1 is 1.53 bits per heavy atom. The third-order valence-corrected chi connectivity index (χ3v) is 3.38. The Labute approximate surface area is 101 Å². The summed E-state index contributed by atoms with van der Waals surface area (Å²) < 4.78 is 5.42. The number of hydrogen-bond donors (Lipinski definition) is 2. The van der Waals surface area contributed by atoms with Crippen molar-refractivity contribution in [1.82, 2.24) is 5.32 Å². The SMILES string of the molecule is COC1(CNC(=O)c2cccc(O)c2)CCC1. The van der Waals surface area contributed by atoms with Crippen LogP contribution in [0.4, 0.5) is 0 Å². The predicted molar refractivity (Wildman–Crippen MR) is 64.0 cm³/mol. The van der Waals surface area contributed by atoms with E-state index in [1.54, 1.807) is 25.3 Å². The highest BCUT2D eigenvalue weighted by molar-refractivity contribution is 5.94. The predicted octanol–water partition coefficient (Wildman–Crippen LogP) is 1.69. The van der Waals surface area contributed by atoms with Crippen LogP contribution in [0.5, 0.6) is 5.75 Å². The Hall–Kier alpha value is -1.55. The van der Waals surface area contributed by atoms with Gasteiger partial charge < -0.3 is 15.2 Å². The first-order chi connectivity index (χ1) is 8.15. The molecule has 1 aliphatic rings. The molecule has 2 N–H and O–H groups in total. The van der Waals surface area contributed by atoms with Gasteiger partial charge in [0.15, 0.2) is 0 Å². The summed E-state index contributed by atoms with van der Waals surface area (Å²) in [6.07, 6.45) is 3.13. The second-order valence-corrected chi connectivity index (χ2v) is 4.47. The zero-order valence-corrected chi connectivity index (χ0v) is 9.90. The first kappa shape index (κ1) is 11.9. The van der Waals surface area contributed by atoms with Crippen LogP contribution in [0.15, 0.2) is 24.3 Å². The molecular formula is C13H17NO3. The van der Waals surface area contributed by atoms with Crippen molar-refractivity contribution in [3.8, 4) is 5.75 Å². The lowest BCUT2D eigenvalue weighted by molar-refractivity contribution is -0.0679. The van der Waals surface area contributed by atoms with Gasteiger partial charge in [-0.2, -0.15) is 0 Å². The van der Waals surface area contributed by atoms with Crippen molar-refractivity contribution in [2.75, 3.05) is 13.7 Å². The van der Waals surface area contributed by atoms with Gasteiger partial charge in [-0.1, -0.05) is 6.07 Å². The Morgan fingerprint density at radius 2 is 2.29 bits per heavy atom. The van der Waals surface area contributed by atoms with Crippen LogP contribution in [0.2, 0.25) is 0 Å². The van der Waals surface area contributed by atoms with Crippen LogP contribution >= 0.6 is 0 Å². The highest BCUT2D eigenvalue weighted by Gasteiger charge is 2.37. The molecule has 0 aromatic heterocycles. The maximum atomic E-state index is 11.8. The van der Waals surface area contributed by atoms with Gasteiger partial charge >= 0.3 is 0 Å². The number of ether oxygens (including phenoxy) is 1. The molecular weight excluding hydrogens is 218 g/mol. The molecule has 0 spiro atoms. The number of methoxy groups -OCH3 is 1. The minimum absolute atomic E-state index is 0.0998. The van der Waals surface area contributed by atoms with Gasteiger partial charge in [-0.25, -0.2) is 0 Å². The second-order valence-electron chi connectivity index (χ2n) is 4.47. The minimum Gasteiger partial charge on any atom is -0.508 e. The van der Waals surface area contributed by atoms with Crippen molar-refractivity contribution in [3.05, 3.63) is 29.8 Å². The largest absolute Gasteiger partial charge is 0.508 e. The summed E-state index contributed by atoms with van der Waals surface area (Å²) in [5, 5.41) is 12.1. The highest BCUT2D eigenvalue weighted by Crippen LogP contribution is 2.34. The van der Waals surface area contributed by atoms with Gasteiger partial charge in [-0.15, -0.1) is 0 Å². The lowest BCUT2D eigenvalue weighted by Crippen LogP contribution is -2.49. The summed E-state index contributed by atoms with van der Waals surface area (Å²) in [7, 11) is 1.68. The fourth-order valence-corrected chi connectivity index (χ4v) is 2.01. The average molecular weight is 235 g/mol. The van der Waals surface area contributed by atoms with E-state index in [4.69, 9.17) is 4.74 Å². The van der Waals surface area contributed by atoms with E-state index >= 15 is 0 Å². The Bertz CT molecular complexity index is 407. The average Bonchev–Trinajstić information content (AvgIpc) is 2.28. The number of amides is 1. The van der Waals surface area contributed by atoms with Crippen LogP contribution in [0.25, 0.3) is 0 Å². The molecule has 0 heterocycles. The molecule has 4 heteroatoms. The van der Waals surface area contributed by atoms with Crippen LogP contribution in [-0.2, 0) is 4.74 Å². The van der Waals surface area contributed by atoms with Crippen LogP contribution in [0, 0.1) is 0 Å². The highest BCUT2D eigenvalue weighted by atomic mass is 16.5. The second kappa shape index (κ2) is 4.75. The van der Waals surface area contributed by atoms with Gasteiger partial charge in [0.1, 0.15) is 5.75 Å². The first-order valence-corrected chi connectivity index (χ1v) is 5.78. The molecule has 0 atom stereocenters. The molecule has 1 aromatic carbocycles. The molecule has 0 saturated heterocycles. The number of aromatic hydroxyl groups is 1. The fraction of sp³-hybridized carbons (Fsp3) is 0.462. The number of benzene rings is 1. The molecule has 0 radical (unpaired) electrons. The van der Waals surface area contributed by atoms with E-state index in [-0.39, 0.29) is 17.3 Å². The molecule has 1 aliphatic carbocycles. The topological polar surface area (TPSA) is 58.6 Å². The third-order valence-electron chi connectivity index (χ3n) is 3.38. The van der Waals surface area contributed by atoms with Gasteiger partial charge in [0.25, 0.3) is 5.91 Å². The van der Waals surface area contributed by atoms with Crippen LogP contribution in [0.3, 0.4) is 0 Å². The third kappa shape index (κ3) is 2.58. The summed E-state index contributed by atoms with van der Waals surface area (Å²) in [4.78, 5) is 11.8. The van der Waals surface area contributed by atoms with Crippen LogP contribution < -0.4 is 5.32 Å².